The molecule has 1 aliphatic heterocycles. The molecule has 0 spiro atoms. The number of thioether (sulfide) groups is 1. The van der Waals surface area contributed by atoms with Crippen molar-refractivity contribution in [3.05, 3.63) is 76.7 Å². The van der Waals surface area contributed by atoms with E-state index in [0.717, 1.165) is 22.1 Å². The van der Waals surface area contributed by atoms with Gasteiger partial charge in [0.1, 0.15) is 5.75 Å². The highest BCUT2D eigenvalue weighted by Gasteiger charge is 2.32. The van der Waals surface area contributed by atoms with Crippen LogP contribution in [0.4, 0.5) is 5.69 Å². The van der Waals surface area contributed by atoms with Crippen molar-refractivity contribution in [2.45, 2.75) is 13.8 Å². The van der Waals surface area contributed by atoms with E-state index >= 15 is 0 Å². The van der Waals surface area contributed by atoms with Crippen molar-refractivity contribution in [3.8, 4) is 5.75 Å². The maximum atomic E-state index is 13.1. The summed E-state index contributed by atoms with van der Waals surface area (Å²) < 4.78 is 10.5. The molecular weight excluding hydrogens is 436 g/mol. The minimum absolute atomic E-state index is 0.0783. The SMILES string of the molecule is CCOc1ccc(/C=C2/SC(=Nc3ccc(C(=O)OC)cc3)N(CC)C2=O)c2ccccc12. The second-order valence-corrected chi connectivity index (χ2v) is 8.23. The fourth-order valence-electron chi connectivity index (χ4n) is 3.61. The number of rotatable bonds is 6. The van der Waals surface area contributed by atoms with Crippen molar-refractivity contribution < 1.29 is 19.1 Å². The third kappa shape index (κ3) is 4.64. The lowest BCUT2D eigenvalue weighted by Crippen LogP contribution is -2.28. The van der Waals surface area contributed by atoms with Crippen LogP contribution in [0.25, 0.3) is 16.8 Å². The van der Waals surface area contributed by atoms with Gasteiger partial charge in [0, 0.05) is 11.9 Å². The third-order valence-corrected chi connectivity index (χ3v) is 6.23. The van der Waals surface area contributed by atoms with Crippen LogP contribution in [0.5, 0.6) is 5.75 Å². The number of aliphatic imine (C=N–C) groups is 1. The summed E-state index contributed by atoms with van der Waals surface area (Å²) >= 11 is 1.34. The van der Waals surface area contributed by atoms with Crippen LogP contribution in [0.3, 0.4) is 0 Å². The lowest BCUT2D eigenvalue weighted by molar-refractivity contribution is -0.122. The minimum Gasteiger partial charge on any atom is -0.493 e. The molecule has 1 fully saturated rings. The van der Waals surface area contributed by atoms with Gasteiger partial charge in [-0.15, -0.1) is 0 Å². The average molecular weight is 461 g/mol. The molecule has 4 rings (SSSR count). The molecule has 6 nitrogen and oxygen atoms in total. The van der Waals surface area contributed by atoms with Gasteiger partial charge in [-0.3, -0.25) is 9.69 Å². The number of fused-ring (bicyclic) bond motifs is 1. The maximum Gasteiger partial charge on any atom is 0.337 e. The fraction of sp³-hybridized carbons (Fsp3) is 0.192. The standard InChI is InChI=1S/C26H24N2O4S/c1-4-28-24(29)23(33-26(28)27-19-13-10-17(11-14-19)25(30)31-3)16-18-12-15-22(32-5-2)21-9-7-6-8-20(18)21/h6-16H,4-5H2,1-3H3/b23-16+,27-26?. The van der Waals surface area contributed by atoms with Gasteiger partial charge in [-0.2, -0.15) is 0 Å². The highest BCUT2D eigenvalue weighted by molar-refractivity contribution is 8.18. The fourth-order valence-corrected chi connectivity index (χ4v) is 4.67. The van der Waals surface area contributed by atoms with Gasteiger partial charge in [-0.05, 0) is 73.0 Å². The summed E-state index contributed by atoms with van der Waals surface area (Å²) in [5.74, 6) is 0.349. The van der Waals surface area contributed by atoms with Crippen LogP contribution >= 0.6 is 11.8 Å². The Morgan fingerprint density at radius 2 is 1.76 bits per heavy atom. The van der Waals surface area contributed by atoms with Gasteiger partial charge in [-0.25, -0.2) is 9.79 Å². The number of ether oxygens (including phenoxy) is 2. The second-order valence-electron chi connectivity index (χ2n) is 7.22. The van der Waals surface area contributed by atoms with Gasteiger partial charge >= 0.3 is 5.97 Å². The van der Waals surface area contributed by atoms with Gasteiger partial charge in [0.15, 0.2) is 5.17 Å². The van der Waals surface area contributed by atoms with Crippen LogP contribution < -0.4 is 4.74 Å². The molecule has 0 radical (unpaired) electrons. The molecule has 0 bridgehead atoms. The zero-order valence-corrected chi connectivity index (χ0v) is 19.5. The molecule has 7 heteroatoms. The number of carbonyl (C=O) groups excluding carboxylic acids is 2. The highest BCUT2D eigenvalue weighted by Crippen LogP contribution is 2.36. The van der Waals surface area contributed by atoms with Gasteiger partial charge in [0.25, 0.3) is 5.91 Å². The normalized spacial score (nSPS) is 16.1. The van der Waals surface area contributed by atoms with Crippen LogP contribution in [0, 0.1) is 0 Å². The first kappa shape index (κ1) is 22.6. The predicted octanol–water partition coefficient (Wildman–Crippen LogP) is 5.65. The van der Waals surface area contributed by atoms with E-state index in [4.69, 9.17) is 9.47 Å². The van der Waals surface area contributed by atoms with E-state index in [1.54, 1.807) is 29.2 Å². The van der Waals surface area contributed by atoms with Gasteiger partial charge in [0.05, 0.1) is 29.9 Å². The number of benzene rings is 3. The van der Waals surface area contributed by atoms with E-state index < -0.39 is 5.97 Å². The Labute approximate surface area is 196 Å². The van der Waals surface area contributed by atoms with E-state index in [1.165, 1.54) is 18.9 Å². The van der Waals surface area contributed by atoms with Crippen LogP contribution in [-0.2, 0) is 9.53 Å². The Hall–Kier alpha value is -3.58. The molecule has 3 aromatic rings. The quantitative estimate of drug-likeness (QED) is 0.351. The molecule has 0 aliphatic carbocycles. The summed E-state index contributed by atoms with van der Waals surface area (Å²) in [5, 5.41) is 2.64. The van der Waals surface area contributed by atoms with E-state index in [1.807, 2.05) is 56.3 Å². The zero-order valence-electron chi connectivity index (χ0n) is 18.7. The molecule has 1 saturated heterocycles. The molecule has 0 saturated carbocycles. The van der Waals surface area contributed by atoms with E-state index in [2.05, 4.69) is 4.99 Å². The number of methoxy groups -OCH3 is 1. The lowest BCUT2D eigenvalue weighted by Gasteiger charge is -2.12. The number of nitrogens with zero attached hydrogens (tertiary/aromatic N) is 2. The maximum absolute atomic E-state index is 13.1. The van der Waals surface area contributed by atoms with Gasteiger partial charge < -0.3 is 9.47 Å². The Bertz CT molecular complexity index is 1270. The third-order valence-electron chi connectivity index (χ3n) is 5.22. The van der Waals surface area contributed by atoms with Crippen molar-refractivity contribution in [2.24, 2.45) is 4.99 Å². The first-order valence-corrected chi connectivity index (χ1v) is 11.5. The van der Waals surface area contributed by atoms with Gasteiger partial charge in [-0.1, -0.05) is 30.3 Å². The van der Waals surface area contributed by atoms with Crippen molar-refractivity contribution in [1.29, 1.82) is 0 Å². The summed E-state index contributed by atoms with van der Waals surface area (Å²) in [7, 11) is 1.35. The molecule has 0 unspecified atom stereocenters. The molecule has 1 aliphatic rings. The summed E-state index contributed by atoms with van der Waals surface area (Å²) in [6, 6.07) is 18.7. The molecule has 33 heavy (non-hydrogen) atoms. The summed E-state index contributed by atoms with van der Waals surface area (Å²) in [6.45, 7) is 4.97. The van der Waals surface area contributed by atoms with Crippen molar-refractivity contribution in [2.75, 3.05) is 20.3 Å². The van der Waals surface area contributed by atoms with Crippen LogP contribution in [0.15, 0.2) is 70.6 Å². The minimum atomic E-state index is -0.400. The molecule has 1 heterocycles. The Morgan fingerprint density at radius 1 is 1.03 bits per heavy atom. The Kier molecular flexibility index (Phi) is 6.79. The number of hydrogen-bond acceptors (Lipinski definition) is 6. The number of carbonyl (C=O) groups is 2. The number of esters is 1. The molecule has 0 aromatic heterocycles. The number of hydrogen-bond donors (Lipinski definition) is 0. The summed E-state index contributed by atoms with van der Waals surface area (Å²) in [6.07, 6.45) is 1.91. The molecule has 0 N–H and O–H groups in total. The number of amides is 1. The Morgan fingerprint density at radius 3 is 2.42 bits per heavy atom. The monoisotopic (exact) mass is 460 g/mol. The van der Waals surface area contributed by atoms with Crippen LogP contribution in [0.1, 0.15) is 29.8 Å². The summed E-state index contributed by atoms with van der Waals surface area (Å²) in [4.78, 5) is 31.7. The van der Waals surface area contributed by atoms with Gasteiger partial charge in [0.2, 0.25) is 0 Å². The lowest BCUT2D eigenvalue weighted by atomic mass is 10.0. The molecule has 168 valence electrons. The number of amidine groups is 1. The zero-order chi connectivity index (χ0) is 23.4. The predicted molar refractivity (Wildman–Crippen MR) is 133 cm³/mol. The second kappa shape index (κ2) is 9.92. The highest BCUT2D eigenvalue weighted by atomic mass is 32.2. The molecular formula is C26H24N2O4S. The van der Waals surface area contributed by atoms with Crippen LogP contribution in [0.2, 0.25) is 0 Å². The summed E-state index contributed by atoms with van der Waals surface area (Å²) in [5.41, 5.74) is 2.06. The van der Waals surface area contributed by atoms with E-state index in [0.29, 0.717) is 34.5 Å². The Balaban J connectivity index is 1.68. The van der Waals surface area contributed by atoms with E-state index in [9.17, 15) is 9.59 Å². The first-order valence-electron chi connectivity index (χ1n) is 10.7. The smallest absolute Gasteiger partial charge is 0.337 e. The van der Waals surface area contributed by atoms with Crippen molar-refractivity contribution in [1.82, 2.24) is 4.90 Å². The first-order chi connectivity index (χ1) is 16.0. The van der Waals surface area contributed by atoms with E-state index in [-0.39, 0.29) is 5.91 Å². The molecule has 1 amide bonds. The molecule has 0 atom stereocenters. The average Bonchev–Trinajstić information content (AvgIpc) is 3.14. The topological polar surface area (TPSA) is 68.2 Å². The van der Waals surface area contributed by atoms with Crippen molar-refractivity contribution >= 4 is 51.3 Å². The van der Waals surface area contributed by atoms with Crippen molar-refractivity contribution in [3.63, 3.8) is 0 Å². The number of likely N-dealkylation sites (N-methyl/N-ethyl adjacent to an activating group) is 1. The van der Waals surface area contributed by atoms with Crippen LogP contribution in [-0.4, -0.2) is 42.2 Å². The largest absolute Gasteiger partial charge is 0.493 e. The molecule has 3 aromatic carbocycles.